The first-order valence-electron chi connectivity index (χ1n) is 7.94. The van der Waals surface area contributed by atoms with Crippen LogP contribution >= 0.6 is 11.3 Å². The summed E-state index contributed by atoms with van der Waals surface area (Å²) in [7, 11) is 3.27. The maximum atomic E-state index is 12.7. The number of carbonyl (C=O) groups is 1. The van der Waals surface area contributed by atoms with Crippen molar-refractivity contribution in [2.45, 2.75) is 6.54 Å². The first-order chi connectivity index (χ1) is 12.5. The Hall–Kier alpha value is -3.13. The zero-order chi connectivity index (χ0) is 18.3. The number of methoxy groups -OCH3 is 1. The third-order valence-electron chi connectivity index (χ3n) is 4.16. The number of hydrogen-bond acceptors (Lipinski definition) is 5. The second-order valence-electron chi connectivity index (χ2n) is 5.94. The normalized spacial score (nSPS) is 11.2. The maximum Gasteiger partial charge on any atom is 0.270 e. The average molecular weight is 368 g/mol. The predicted octanol–water partition coefficient (Wildman–Crippen LogP) is 2.75. The molecule has 26 heavy (non-hydrogen) atoms. The number of carbonyl (C=O) groups excluding carboxylic acids is 1. The van der Waals surface area contributed by atoms with Crippen LogP contribution < -0.4 is 10.3 Å². The molecule has 0 aliphatic heterocycles. The molecule has 0 unspecified atom stereocenters. The van der Waals surface area contributed by atoms with E-state index in [9.17, 15) is 9.59 Å². The van der Waals surface area contributed by atoms with Crippen molar-refractivity contribution >= 4 is 38.4 Å². The zero-order valence-corrected chi connectivity index (χ0v) is 15.0. The quantitative estimate of drug-likeness (QED) is 0.579. The summed E-state index contributed by atoms with van der Waals surface area (Å²) in [6.45, 7) is 0.207. The van der Waals surface area contributed by atoms with Gasteiger partial charge in [0.1, 0.15) is 22.0 Å². The lowest BCUT2D eigenvalue weighted by Crippen LogP contribution is -2.28. The van der Waals surface area contributed by atoms with E-state index in [2.05, 4.69) is 15.0 Å². The van der Waals surface area contributed by atoms with Crippen LogP contribution in [-0.4, -0.2) is 39.9 Å². The molecule has 0 aliphatic rings. The summed E-state index contributed by atoms with van der Waals surface area (Å²) in [5, 5.41) is 2.75. The maximum absolute atomic E-state index is 12.7. The summed E-state index contributed by atoms with van der Waals surface area (Å²) in [6, 6.07) is 9.18. The number of H-pyrrole nitrogens is 2. The first kappa shape index (κ1) is 16.3. The fourth-order valence-corrected chi connectivity index (χ4v) is 3.57. The van der Waals surface area contributed by atoms with Gasteiger partial charge in [0, 0.05) is 24.0 Å². The van der Waals surface area contributed by atoms with E-state index in [1.54, 1.807) is 26.3 Å². The van der Waals surface area contributed by atoms with Crippen molar-refractivity contribution < 1.29 is 9.53 Å². The number of aromatic nitrogens is 3. The van der Waals surface area contributed by atoms with Gasteiger partial charge in [-0.25, -0.2) is 4.98 Å². The molecule has 0 saturated heterocycles. The van der Waals surface area contributed by atoms with E-state index >= 15 is 0 Å². The minimum Gasteiger partial charge on any atom is -0.497 e. The van der Waals surface area contributed by atoms with Gasteiger partial charge in [-0.2, -0.15) is 0 Å². The Morgan fingerprint density at radius 1 is 1.27 bits per heavy atom. The van der Waals surface area contributed by atoms with E-state index in [4.69, 9.17) is 4.74 Å². The first-order valence-corrected chi connectivity index (χ1v) is 8.82. The molecule has 4 rings (SSSR count). The van der Waals surface area contributed by atoms with Gasteiger partial charge in [-0.15, -0.1) is 11.3 Å². The lowest BCUT2D eigenvalue weighted by atomic mass is 10.2. The monoisotopic (exact) mass is 368 g/mol. The SMILES string of the molecule is COc1ccc2cc(C(=O)N(C)Cc3nc4ccsc4c(=O)[nH]3)[nH]c2c1. The van der Waals surface area contributed by atoms with Crippen LogP contribution in [0.4, 0.5) is 0 Å². The molecule has 1 amide bonds. The highest BCUT2D eigenvalue weighted by atomic mass is 32.1. The van der Waals surface area contributed by atoms with E-state index in [0.717, 1.165) is 16.7 Å². The number of nitrogens with zero attached hydrogens (tertiary/aromatic N) is 2. The molecule has 4 aromatic rings. The van der Waals surface area contributed by atoms with Crippen LogP contribution in [-0.2, 0) is 6.54 Å². The number of amides is 1. The van der Waals surface area contributed by atoms with Gasteiger partial charge in [0.15, 0.2) is 0 Å². The summed E-state index contributed by atoms with van der Waals surface area (Å²) >= 11 is 1.35. The largest absolute Gasteiger partial charge is 0.497 e. The molecule has 2 N–H and O–H groups in total. The van der Waals surface area contributed by atoms with Gasteiger partial charge in [-0.3, -0.25) is 9.59 Å². The smallest absolute Gasteiger partial charge is 0.270 e. The van der Waals surface area contributed by atoms with Crippen LogP contribution in [0.3, 0.4) is 0 Å². The molecule has 132 valence electrons. The molecule has 3 aromatic heterocycles. The molecule has 7 nitrogen and oxygen atoms in total. The van der Waals surface area contributed by atoms with E-state index < -0.39 is 0 Å². The lowest BCUT2D eigenvalue weighted by Gasteiger charge is -2.15. The number of thiophene rings is 1. The predicted molar refractivity (Wildman–Crippen MR) is 101 cm³/mol. The number of rotatable bonds is 4. The molecule has 0 atom stereocenters. The van der Waals surface area contributed by atoms with Crippen LogP contribution in [0, 0.1) is 0 Å². The Kier molecular flexibility index (Phi) is 3.96. The summed E-state index contributed by atoms with van der Waals surface area (Å²) < 4.78 is 5.79. The molecule has 0 aliphatic carbocycles. The lowest BCUT2D eigenvalue weighted by molar-refractivity contribution is 0.0776. The van der Waals surface area contributed by atoms with E-state index in [1.165, 1.54) is 16.2 Å². The summed E-state index contributed by atoms with van der Waals surface area (Å²) in [5.74, 6) is 0.986. The minimum absolute atomic E-state index is 0.182. The van der Waals surface area contributed by atoms with Gasteiger partial charge in [-0.05, 0) is 29.6 Å². The van der Waals surface area contributed by atoms with Gasteiger partial charge < -0.3 is 19.6 Å². The topological polar surface area (TPSA) is 91.1 Å². The van der Waals surface area contributed by atoms with E-state index in [-0.39, 0.29) is 18.0 Å². The van der Waals surface area contributed by atoms with Crippen molar-refractivity contribution in [1.82, 2.24) is 19.9 Å². The molecule has 0 radical (unpaired) electrons. The van der Waals surface area contributed by atoms with Crippen molar-refractivity contribution in [2.75, 3.05) is 14.2 Å². The number of benzene rings is 1. The van der Waals surface area contributed by atoms with Crippen LogP contribution in [0.2, 0.25) is 0 Å². The molecular formula is C18H16N4O3S. The van der Waals surface area contributed by atoms with Crippen molar-refractivity contribution in [3.63, 3.8) is 0 Å². The summed E-state index contributed by atoms with van der Waals surface area (Å²) in [6.07, 6.45) is 0. The Balaban J connectivity index is 1.59. The zero-order valence-electron chi connectivity index (χ0n) is 14.2. The van der Waals surface area contributed by atoms with E-state index in [1.807, 2.05) is 23.6 Å². The number of hydrogen-bond donors (Lipinski definition) is 2. The minimum atomic E-state index is -0.187. The summed E-state index contributed by atoms with van der Waals surface area (Å²) in [5.41, 5.74) is 1.76. The van der Waals surface area contributed by atoms with Gasteiger partial charge in [0.25, 0.3) is 11.5 Å². The summed E-state index contributed by atoms with van der Waals surface area (Å²) in [4.78, 5) is 36.5. The van der Waals surface area contributed by atoms with Crippen molar-refractivity contribution in [2.24, 2.45) is 0 Å². The van der Waals surface area contributed by atoms with Crippen LogP contribution in [0.5, 0.6) is 5.75 Å². The Bertz CT molecular complexity index is 1170. The van der Waals surface area contributed by atoms with Crippen LogP contribution in [0.25, 0.3) is 21.1 Å². The van der Waals surface area contributed by atoms with Crippen molar-refractivity contribution in [3.05, 3.63) is 57.6 Å². The number of nitrogens with one attached hydrogen (secondary N) is 2. The fraction of sp³-hybridized carbons (Fsp3) is 0.167. The molecule has 0 bridgehead atoms. The Morgan fingerprint density at radius 2 is 2.12 bits per heavy atom. The van der Waals surface area contributed by atoms with Gasteiger partial charge in [-0.1, -0.05) is 0 Å². The highest BCUT2D eigenvalue weighted by Gasteiger charge is 2.16. The van der Waals surface area contributed by atoms with Gasteiger partial charge >= 0.3 is 0 Å². The molecule has 1 aromatic carbocycles. The third kappa shape index (κ3) is 2.84. The Morgan fingerprint density at radius 3 is 2.92 bits per heavy atom. The second kappa shape index (κ2) is 6.30. The fourth-order valence-electron chi connectivity index (χ4n) is 2.85. The second-order valence-corrected chi connectivity index (χ2v) is 6.86. The van der Waals surface area contributed by atoms with Gasteiger partial charge in [0.05, 0.1) is 19.2 Å². The Labute approximate surface area is 152 Å². The molecular weight excluding hydrogens is 352 g/mol. The van der Waals surface area contributed by atoms with Crippen molar-refractivity contribution in [3.8, 4) is 5.75 Å². The molecule has 0 fully saturated rings. The highest BCUT2D eigenvalue weighted by molar-refractivity contribution is 7.17. The number of aromatic amines is 2. The third-order valence-corrected chi connectivity index (χ3v) is 5.06. The number of ether oxygens (including phenoxy) is 1. The highest BCUT2D eigenvalue weighted by Crippen LogP contribution is 2.22. The molecule has 0 saturated carbocycles. The van der Waals surface area contributed by atoms with Crippen molar-refractivity contribution in [1.29, 1.82) is 0 Å². The van der Waals surface area contributed by atoms with Crippen LogP contribution in [0.1, 0.15) is 16.3 Å². The molecule has 8 heteroatoms. The number of fused-ring (bicyclic) bond motifs is 2. The van der Waals surface area contributed by atoms with Gasteiger partial charge in [0.2, 0.25) is 0 Å². The standard InChI is InChI=1S/C18H16N4O3S/c1-22(9-15-20-12-5-6-26-16(12)17(23)21-15)18(24)14-7-10-3-4-11(25-2)8-13(10)19-14/h3-8,19H,9H2,1-2H3,(H,20,21,23). The van der Waals surface area contributed by atoms with E-state index in [0.29, 0.717) is 21.7 Å². The molecule has 3 heterocycles. The molecule has 0 spiro atoms. The average Bonchev–Trinajstić information content (AvgIpc) is 3.26. The van der Waals surface area contributed by atoms with Crippen LogP contribution in [0.15, 0.2) is 40.5 Å².